The van der Waals surface area contributed by atoms with Crippen molar-refractivity contribution in [2.24, 2.45) is 5.92 Å². The fourth-order valence-electron chi connectivity index (χ4n) is 6.18. The van der Waals surface area contributed by atoms with Crippen LogP contribution in [0.15, 0.2) is 42.9 Å². The van der Waals surface area contributed by atoms with Gasteiger partial charge in [-0.3, -0.25) is 0 Å². The van der Waals surface area contributed by atoms with Gasteiger partial charge in [-0.2, -0.15) is 0 Å². The molecule has 2 aromatic heterocycles. The number of rotatable bonds is 11. The Morgan fingerprint density at radius 3 is 2.61 bits per heavy atom. The van der Waals surface area contributed by atoms with Crippen molar-refractivity contribution >= 4 is 16.9 Å². The van der Waals surface area contributed by atoms with E-state index < -0.39 is 0 Å². The topological polar surface area (TPSA) is 84.0 Å². The highest BCUT2D eigenvalue weighted by molar-refractivity contribution is 5.90. The molecule has 1 aromatic carbocycles. The molecule has 7 nitrogen and oxygen atoms in total. The molecule has 5 rings (SSSR count). The SMILES string of the molecule is CN1CCC(c2cn(C3CCC(CNCCCNCCc4ccccc4)C3)c3ncnc(N)c23)CC1. The van der Waals surface area contributed by atoms with Gasteiger partial charge in [-0.15, -0.1) is 0 Å². The van der Waals surface area contributed by atoms with E-state index in [1.54, 1.807) is 6.33 Å². The first-order chi connectivity index (χ1) is 17.7. The molecule has 3 aromatic rings. The number of nitrogens with zero attached hydrogens (tertiary/aromatic N) is 4. The maximum absolute atomic E-state index is 6.39. The molecule has 0 spiro atoms. The lowest BCUT2D eigenvalue weighted by atomic mass is 9.90. The van der Waals surface area contributed by atoms with Gasteiger partial charge in [-0.25, -0.2) is 9.97 Å². The van der Waals surface area contributed by atoms with Gasteiger partial charge in [0, 0.05) is 12.2 Å². The highest BCUT2D eigenvalue weighted by Crippen LogP contribution is 2.41. The molecule has 2 aliphatic rings. The Hall–Kier alpha value is -2.48. The third-order valence-electron chi connectivity index (χ3n) is 8.31. The molecule has 7 heteroatoms. The number of aromatic nitrogens is 3. The van der Waals surface area contributed by atoms with Gasteiger partial charge in [0.15, 0.2) is 0 Å². The van der Waals surface area contributed by atoms with Crippen LogP contribution in [0.1, 0.15) is 61.6 Å². The second-order valence-corrected chi connectivity index (χ2v) is 10.9. The highest BCUT2D eigenvalue weighted by Gasteiger charge is 2.30. The van der Waals surface area contributed by atoms with Crippen molar-refractivity contribution in [3.05, 3.63) is 54.0 Å². The van der Waals surface area contributed by atoms with Gasteiger partial charge < -0.3 is 25.8 Å². The smallest absolute Gasteiger partial charge is 0.146 e. The number of nitrogens with one attached hydrogen (secondary N) is 2. The van der Waals surface area contributed by atoms with Crippen LogP contribution in [0.3, 0.4) is 0 Å². The zero-order valence-electron chi connectivity index (χ0n) is 21.8. The maximum Gasteiger partial charge on any atom is 0.146 e. The average Bonchev–Trinajstić information content (AvgIpc) is 3.52. The van der Waals surface area contributed by atoms with Crippen LogP contribution in [0.4, 0.5) is 5.82 Å². The Kier molecular flexibility index (Phi) is 8.51. The number of hydrogen-bond donors (Lipinski definition) is 3. The van der Waals surface area contributed by atoms with Crippen LogP contribution in [0.2, 0.25) is 0 Å². The number of piperidine rings is 1. The predicted octanol–water partition coefficient (Wildman–Crippen LogP) is 3.98. The molecule has 2 atom stereocenters. The number of likely N-dealkylation sites (tertiary alicyclic amines) is 1. The first-order valence-electron chi connectivity index (χ1n) is 13.9. The minimum absolute atomic E-state index is 0.508. The van der Waals surface area contributed by atoms with E-state index in [0.717, 1.165) is 62.6 Å². The quantitative estimate of drug-likeness (QED) is 0.354. The summed E-state index contributed by atoms with van der Waals surface area (Å²) in [6, 6.07) is 11.2. The summed E-state index contributed by atoms with van der Waals surface area (Å²) < 4.78 is 2.44. The second-order valence-electron chi connectivity index (χ2n) is 10.9. The molecule has 1 saturated heterocycles. The molecular weight excluding hydrogens is 446 g/mol. The van der Waals surface area contributed by atoms with E-state index >= 15 is 0 Å². The van der Waals surface area contributed by atoms with Gasteiger partial charge in [-0.05, 0) is 114 Å². The van der Waals surface area contributed by atoms with E-state index in [1.165, 1.54) is 49.7 Å². The van der Waals surface area contributed by atoms with Crippen molar-refractivity contribution in [1.29, 1.82) is 0 Å². The van der Waals surface area contributed by atoms with Gasteiger partial charge in [0.05, 0.1) is 5.39 Å². The van der Waals surface area contributed by atoms with E-state index in [0.29, 0.717) is 17.8 Å². The molecule has 1 aliphatic heterocycles. The Morgan fingerprint density at radius 1 is 0.972 bits per heavy atom. The molecular formula is C29H43N7. The van der Waals surface area contributed by atoms with E-state index in [4.69, 9.17) is 10.7 Å². The molecule has 2 unspecified atom stereocenters. The van der Waals surface area contributed by atoms with Crippen LogP contribution in [-0.4, -0.2) is 65.8 Å². The molecule has 36 heavy (non-hydrogen) atoms. The number of fused-ring (bicyclic) bond motifs is 1. The first-order valence-corrected chi connectivity index (χ1v) is 13.9. The van der Waals surface area contributed by atoms with E-state index in [-0.39, 0.29) is 0 Å². The predicted molar refractivity (Wildman–Crippen MR) is 148 cm³/mol. The van der Waals surface area contributed by atoms with Crippen molar-refractivity contribution in [1.82, 2.24) is 30.1 Å². The van der Waals surface area contributed by atoms with E-state index in [2.05, 4.69) is 68.7 Å². The molecule has 1 saturated carbocycles. The minimum Gasteiger partial charge on any atom is -0.383 e. The summed E-state index contributed by atoms with van der Waals surface area (Å²) in [5.74, 6) is 1.92. The van der Waals surface area contributed by atoms with Crippen LogP contribution >= 0.6 is 0 Å². The number of benzene rings is 1. The van der Waals surface area contributed by atoms with Gasteiger partial charge >= 0.3 is 0 Å². The Balaban J connectivity index is 1.09. The molecule has 194 valence electrons. The van der Waals surface area contributed by atoms with Crippen LogP contribution in [0, 0.1) is 5.92 Å². The van der Waals surface area contributed by atoms with Crippen molar-refractivity contribution in [2.45, 2.75) is 56.9 Å². The number of anilines is 1. The van der Waals surface area contributed by atoms with Gasteiger partial charge in [-0.1, -0.05) is 30.3 Å². The van der Waals surface area contributed by atoms with Crippen molar-refractivity contribution in [3.8, 4) is 0 Å². The monoisotopic (exact) mass is 489 g/mol. The fraction of sp³-hybridized carbons (Fsp3) is 0.586. The van der Waals surface area contributed by atoms with Gasteiger partial charge in [0.25, 0.3) is 0 Å². The number of nitrogen functional groups attached to an aromatic ring is 1. The molecule has 1 aliphatic carbocycles. The van der Waals surface area contributed by atoms with Gasteiger partial charge in [0.2, 0.25) is 0 Å². The third kappa shape index (κ3) is 6.07. The molecule has 0 amide bonds. The van der Waals surface area contributed by atoms with Crippen molar-refractivity contribution in [3.63, 3.8) is 0 Å². The van der Waals surface area contributed by atoms with E-state index in [1.807, 2.05) is 0 Å². The fourth-order valence-corrected chi connectivity index (χ4v) is 6.18. The summed E-state index contributed by atoms with van der Waals surface area (Å²) in [4.78, 5) is 11.5. The largest absolute Gasteiger partial charge is 0.383 e. The normalized spacial score (nSPS) is 21.5. The Labute approximate surface area is 215 Å². The molecule has 0 bridgehead atoms. The summed E-state index contributed by atoms with van der Waals surface area (Å²) in [7, 11) is 2.21. The summed E-state index contributed by atoms with van der Waals surface area (Å²) >= 11 is 0. The maximum atomic E-state index is 6.39. The lowest BCUT2D eigenvalue weighted by molar-refractivity contribution is 0.256. The zero-order valence-corrected chi connectivity index (χ0v) is 21.8. The molecule has 2 fully saturated rings. The molecule has 0 radical (unpaired) electrons. The minimum atomic E-state index is 0.508. The zero-order chi connectivity index (χ0) is 24.7. The Bertz CT molecular complexity index is 1090. The van der Waals surface area contributed by atoms with Crippen LogP contribution < -0.4 is 16.4 Å². The van der Waals surface area contributed by atoms with Crippen molar-refractivity contribution < 1.29 is 0 Å². The summed E-state index contributed by atoms with van der Waals surface area (Å²) in [6.45, 7) is 6.60. The second kappa shape index (κ2) is 12.2. The van der Waals surface area contributed by atoms with Crippen molar-refractivity contribution in [2.75, 3.05) is 52.0 Å². The van der Waals surface area contributed by atoms with Crippen LogP contribution in [0.5, 0.6) is 0 Å². The van der Waals surface area contributed by atoms with E-state index in [9.17, 15) is 0 Å². The number of hydrogen-bond acceptors (Lipinski definition) is 6. The number of nitrogens with two attached hydrogens (primary N) is 1. The first kappa shape index (κ1) is 25.2. The standard InChI is InChI=1S/C29H43N7/c1-35-16-11-24(12-17-35)26-20-36(29-27(26)28(30)33-21-34-29)25-9-8-23(18-25)19-32-14-5-13-31-15-10-22-6-3-2-4-7-22/h2-4,6-7,20-21,23-25,31-32H,5,8-19H2,1H3,(H2,30,33,34). The van der Waals surface area contributed by atoms with Crippen LogP contribution in [0.25, 0.3) is 11.0 Å². The average molecular weight is 490 g/mol. The molecule has 4 N–H and O–H groups in total. The van der Waals surface area contributed by atoms with Crippen LogP contribution in [-0.2, 0) is 6.42 Å². The Morgan fingerprint density at radius 2 is 1.78 bits per heavy atom. The summed E-state index contributed by atoms with van der Waals surface area (Å²) in [6.07, 6.45) is 12.4. The molecule has 3 heterocycles. The lowest BCUT2D eigenvalue weighted by Crippen LogP contribution is -2.29. The van der Waals surface area contributed by atoms with Gasteiger partial charge in [0.1, 0.15) is 17.8 Å². The summed E-state index contributed by atoms with van der Waals surface area (Å²) in [5.41, 5.74) is 10.2. The highest BCUT2D eigenvalue weighted by atomic mass is 15.1. The summed E-state index contributed by atoms with van der Waals surface area (Å²) in [5, 5.41) is 8.40. The third-order valence-corrected chi connectivity index (χ3v) is 8.31. The lowest BCUT2D eigenvalue weighted by Gasteiger charge is -2.28.